The van der Waals surface area contributed by atoms with E-state index >= 15 is 0 Å². The fourth-order valence-electron chi connectivity index (χ4n) is 3.44. The molecule has 0 saturated heterocycles. The zero-order valence-electron chi connectivity index (χ0n) is 16.6. The molecule has 2 aromatic heterocycles. The van der Waals surface area contributed by atoms with E-state index in [1.807, 2.05) is 18.2 Å². The Labute approximate surface area is 180 Å². The van der Waals surface area contributed by atoms with Crippen LogP contribution in [0.1, 0.15) is 0 Å². The van der Waals surface area contributed by atoms with Crippen LogP contribution in [0.4, 0.5) is 10.5 Å². The van der Waals surface area contributed by atoms with Gasteiger partial charge >= 0.3 is 6.03 Å². The van der Waals surface area contributed by atoms with Gasteiger partial charge in [0.05, 0.1) is 16.4 Å². The lowest BCUT2D eigenvalue weighted by molar-refractivity contribution is 0.256. The number of azo groups is 1. The number of para-hydroxylation sites is 2. The molecule has 0 unspecified atom stereocenters. The zero-order valence-corrected chi connectivity index (χ0v) is 16.6. The maximum absolute atomic E-state index is 13.1. The summed E-state index contributed by atoms with van der Waals surface area (Å²) in [6, 6.07) is 22.1. The molecule has 3 N–H and O–H groups in total. The van der Waals surface area contributed by atoms with Gasteiger partial charge in [-0.1, -0.05) is 65.8 Å². The van der Waals surface area contributed by atoms with Gasteiger partial charge in [0, 0.05) is 10.9 Å². The average molecular weight is 424 g/mol. The van der Waals surface area contributed by atoms with Crippen molar-refractivity contribution in [3.63, 3.8) is 0 Å². The van der Waals surface area contributed by atoms with Crippen LogP contribution in [0.3, 0.4) is 0 Å². The van der Waals surface area contributed by atoms with Gasteiger partial charge in [0.25, 0.3) is 5.56 Å². The highest BCUT2D eigenvalue weighted by Crippen LogP contribution is 2.35. The molecule has 0 atom stereocenters. The van der Waals surface area contributed by atoms with Gasteiger partial charge < -0.3 is 10.1 Å². The number of urea groups is 1. The number of hydrogen-bond acceptors (Lipinski definition) is 5. The summed E-state index contributed by atoms with van der Waals surface area (Å²) >= 11 is 0. The van der Waals surface area contributed by atoms with Crippen molar-refractivity contribution in [2.75, 3.05) is 5.43 Å². The highest BCUT2D eigenvalue weighted by molar-refractivity contribution is 5.94. The number of carbonyl (C=O) groups is 1. The maximum atomic E-state index is 13.1. The van der Waals surface area contributed by atoms with E-state index in [4.69, 9.17) is 0 Å². The molecule has 5 rings (SSSR count). The van der Waals surface area contributed by atoms with Gasteiger partial charge in [-0.15, -0.1) is 5.11 Å². The first kappa shape index (κ1) is 19.2. The van der Waals surface area contributed by atoms with Gasteiger partial charge in [0.2, 0.25) is 5.88 Å². The van der Waals surface area contributed by atoms with E-state index in [0.717, 1.165) is 4.68 Å². The molecule has 2 heterocycles. The Hall–Kier alpha value is -4.79. The van der Waals surface area contributed by atoms with Gasteiger partial charge in [-0.25, -0.2) is 15.2 Å². The SMILES string of the molecule is O=C(N=Nc1c(O)[nH]c2ccccc12)Nn1c(-c2ccccc2)nc2ccccc2c1=O. The Morgan fingerprint density at radius 1 is 0.938 bits per heavy atom. The number of nitrogens with zero attached hydrogens (tertiary/aromatic N) is 4. The predicted molar refractivity (Wildman–Crippen MR) is 121 cm³/mol. The molecule has 3 aromatic carbocycles. The molecular formula is C23H16N6O3. The summed E-state index contributed by atoms with van der Waals surface area (Å²) in [7, 11) is 0. The molecule has 32 heavy (non-hydrogen) atoms. The first-order valence-electron chi connectivity index (χ1n) is 9.71. The van der Waals surface area contributed by atoms with Crippen molar-refractivity contribution in [2.45, 2.75) is 0 Å². The number of aromatic hydroxyl groups is 1. The topological polar surface area (TPSA) is 125 Å². The number of nitrogens with one attached hydrogen (secondary N) is 2. The summed E-state index contributed by atoms with van der Waals surface area (Å²) in [6.45, 7) is 0. The monoisotopic (exact) mass is 424 g/mol. The van der Waals surface area contributed by atoms with Gasteiger partial charge in [0.1, 0.15) is 0 Å². The Bertz CT molecular complexity index is 1550. The Kier molecular flexibility index (Phi) is 4.68. The third kappa shape index (κ3) is 3.37. The minimum Gasteiger partial charge on any atom is -0.493 e. The molecule has 0 saturated carbocycles. The van der Waals surface area contributed by atoms with Crippen molar-refractivity contribution in [1.29, 1.82) is 0 Å². The second kappa shape index (κ2) is 7.80. The lowest BCUT2D eigenvalue weighted by atomic mass is 10.2. The number of aromatic nitrogens is 3. The normalized spacial score (nSPS) is 11.4. The molecule has 0 aliphatic carbocycles. The molecular weight excluding hydrogens is 408 g/mol. The van der Waals surface area contributed by atoms with Gasteiger partial charge in [-0.05, 0) is 18.2 Å². The third-order valence-corrected chi connectivity index (χ3v) is 4.92. The number of benzene rings is 3. The maximum Gasteiger partial charge on any atom is 0.378 e. The molecule has 0 aliphatic rings. The summed E-state index contributed by atoms with van der Waals surface area (Å²) in [5.74, 6) is 0.0463. The van der Waals surface area contributed by atoms with E-state index in [1.54, 1.807) is 60.7 Å². The molecule has 9 heteroatoms. The molecule has 9 nitrogen and oxygen atoms in total. The summed E-state index contributed by atoms with van der Waals surface area (Å²) in [6.07, 6.45) is 0. The lowest BCUT2D eigenvalue weighted by Gasteiger charge is -2.13. The first-order chi connectivity index (χ1) is 15.6. The highest BCUT2D eigenvalue weighted by atomic mass is 16.3. The summed E-state index contributed by atoms with van der Waals surface area (Å²) in [4.78, 5) is 33.0. The zero-order chi connectivity index (χ0) is 22.1. The molecule has 0 bridgehead atoms. The van der Waals surface area contributed by atoms with Crippen LogP contribution in [0.2, 0.25) is 0 Å². The first-order valence-corrected chi connectivity index (χ1v) is 9.71. The van der Waals surface area contributed by atoms with Crippen LogP contribution in [-0.4, -0.2) is 25.8 Å². The van der Waals surface area contributed by atoms with Crippen LogP contribution < -0.4 is 11.0 Å². The third-order valence-electron chi connectivity index (χ3n) is 4.92. The average Bonchev–Trinajstić information content (AvgIpc) is 3.15. The van der Waals surface area contributed by atoms with E-state index in [0.29, 0.717) is 27.4 Å². The summed E-state index contributed by atoms with van der Waals surface area (Å²) < 4.78 is 1.05. The second-order valence-electron chi connectivity index (χ2n) is 6.94. The number of carbonyl (C=O) groups excluding carboxylic acids is 1. The van der Waals surface area contributed by atoms with Gasteiger partial charge in [-0.2, -0.15) is 4.68 Å². The van der Waals surface area contributed by atoms with Crippen molar-refractivity contribution in [2.24, 2.45) is 10.2 Å². The van der Waals surface area contributed by atoms with Crippen molar-refractivity contribution < 1.29 is 9.90 Å². The lowest BCUT2D eigenvalue weighted by Crippen LogP contribution is -2.33. The van der Waals surface area contributed by atoms with Crippen molar-refractivity contribution in [3.8, 4) is 17.3 Å². The van der Waals surface area contributed by atoms with E-state index in [1.165, 1.54) is 0 Å². The smallest absolute Gasteiger partial charge is 0.378 e. The molecule has 0 fully saturated rings. The van der Waals surface area contributed by atoms with E-state index < -0.39 is 11.6 Å². The summed E-state index contributed by atoms with van der Waals surface area (Å²) in [5, 5.41) is 18.6. The van der Waals surface area contributed by atoms with E-state index in [-0.39, 0.29) is 17.4 Å². The van der Waals surface area contributed by atoms with E-state index in [2.05, 4.69) is 25.6 Å². The largest absolute Gasteiger partial charge is 0.493 e. The van der Waals surface area contributed by atoms with Crippen molar-refractivity contribution in [3.05, 3.63) is 89.2 Å². The summed E-state index contributed by atoms with van der Waals surface area (Å²) in [5.41, 5.74) is 3.93. The molecule has 0 radical (unpaired) electrons. The van der Waals surface area contributed by atoms with Crippen molar-refractivity contribution in [1.82, 2.24) is 14.6 Å². The number of fused-ring (bicyclic) bond motifs is 2. The Balaban J connectivity index is 1.55. The van der Waals surface area contributed by atoms with Crippen LogP contribution >= 0.6 is 0 Å². The number of amides is 2. The molecule has 5 aromatic rings. The van der Waals surface area contributed by atoms with E-state index in [9.17, 15) is 14.7 Å². The number of hydrogen-bond donors (Lipinski definition) is 3. The number of aromatic amines is 1. The van der Waals surface area contributed by atoms with Crippen LogP contribution in [0.25, 0.3) is 33.2 Å². The Morgan fingerprint density at radius 3 is 2.44 bits per heavy atom. The van der Waals surface area contributed by atoms with Crippen LogP contribution in [0.15, 0.2) is 93.9 Å². The number of rotatable bonds is 3. The standard InChI is InChI=1S/C23H16N6O3/c30-21-19(15-10-4-6-12-17(15)25-21)26-27-23(32)28-29-20(14-8-2-1-3-9-14)24-18-13-7-5-11-16(18)22(29)31/h1-13,25,30H,(H,28,32). The minimum absolute atomic E-state index is 0.128. The predicted octanol–water partition coefficient (Wildman–Crippen LogP) is 4.70. The molecule has 0 aliphatic heterocycles. The Morgan fingerprint density at radius 2 is 1.62 bits per heavy atom. The highest BCUT2D eigenvalue weighted by Gasteiger charge is 2.15. The minimum atomic E-state index is -0.897. The van der Waals surface area contributed by atoms with Crippen LogP contribution in [0, 0.1) is 0 Å². The second-order valence-corrected chi connectivity index (χ2v) is 6.94. The van der Waals surface area contributed by atoms with Crippen LogP contribution in [0.5, 0.6) is 5.88 Å². The number of H-pyrrole nitrogens is 1. The molecule has 156 valence electrons. The molecule has 2 amide bonds. The van der Waals surface area contributed by atoms with Crippen molar-refractivity contribution >= 4 is 33.5 Å². The van der Waals surface area contributed by atoms with Crippen LogP contribution in [-0.2, 0) is 0 Å². The quantitative estimate of drug-likeness (QED) is 0.363. The fraction of sp³-hybridized carbons (Fsp3) is 0. The fourth-order valence-corrected chi connectivity index (χ4v) is 3.44. The van der Waals surface area contributed by atoms with Gasteiger partial charge in [-0.3, -0.25) is 4.79 Å². The van der Waals surface area contributed by atoms with Gasteiger partial charge in [0.15, 0.2) is 11.5 Å². The molecule has 0 spiro atoms.